The maximum Gasteiger partial charge on any atom is 0.239 e. The molecule has 4 aliphatic carbocycles. The largest absolute Gasteiger partial charge is 0.273 e. The third-order valence-electron chi connectivity index (χ3n) is 5.55. The number of rotatable bonds is 2. The van der Waals surface area contributed by atoms with Gasteiger partial charge in [-0.2, -0.15) is 0 Å². The van der Waals surface area contributed by atoms with Gasteiger partial charge in [0, 0.05) is 0 Å². The third kappa shape index (κ3) is 2.18. The molecule has 114 valence electrons. The van der Waals surface area contributed by atoms with Gasteiger partial charge in [-0.15, -0.1) is 0 Å². The molecule has 4 nitrogen and oxygen atoms in total. The van der Waals surface area contributed by atoms with Crippen LogP contribution in [0.5, 0.6) is 0 Å². The molecule has 0 aromatic heterocycles. The van der Waals surface area contributed by atoms with Crippen molar-refractivity contribution in [2.45, 2.75) is 64.0 Å². The van der Waals surface area contributed by atoms with Gasteiger partial charge in [-0.3, -0.25) is 9.52 Å². The second kappa shape index (κ2) is 4.21. The highest BCUT2D eigenvalue weighted by Gasteiger charge is 2.55. The molecule has 4 rings (SSSR count). The van der Waals surface area contributed by atoms with E-state index in [-0.39, 0.29) is 5.91 Å². The van der Waals surface area contributed by atoms with Crippen LogP contribution in [0.25, 0.3) is 0 Å². The van der Waals surface area contributed by atoms with Gasteiger partial charge in [0.25, 0.3) is 0 Å². The highest BCUT2D eigenvalue weighted by Crippen LogP contribution is 2.60. The van der Waals surface area contributed by atoms with Crippen LogP contribution in [0.4, 0.5) is 0 Å². The van der Waals surface area contributed by atoms with Crippen molar-refractivity contribution in [3.05, 3.63) is 0 Å². The van der Waals surface area contributed by atoms with E-state index in [0.717, 1.165) is 19.3 Å². The van der Waals surface area contributed by atoms with Crippen molar-refractivity contribution in [1.82, 2.24) is 4.72 Å². The van der Waals surface area contributed by atoms with Crippen molar-refractivity contribution in [2.24, 2.45) is 23.2 Å². The number of hydrogen-bond donors (Lipinski definition) is 1. The maximum atomic E-state index is 12.7. The number of carbonyl (C=O) groups excluding carboxylic acids is 1. The van der Waals surface area contributed by atoms with E-state index in [1.54, 1.807) is 20.8 Å². The van der Waals surface area contributed by atoms with Crippen molar-refractivity contribution >= 4 is 15.9 Å². The second-order valence-corrected chi connectivity index (χ2v) is 10.7. The van der Waals surface area contributed by atoms with Gasteiger partial charge in [0.2, 0.25) is 15.9 Å². The van der Waals surface area contributed by atoms with E-state index in [2.05, 4.69) is 4.72 Å². The van der Waals surface area contributed by atoms with Gasteiger partial charge in [-0.05, 0) is 77.0 Å². The molecule has 0 atom stereocenters. The smallest absolute Gasteiger partial charge is 0.239 e. The van der Waals surface area contributed by atoms with Gasteiger partial charge >= 0.3 is 0 Å². The molecule has 5 heteroatoms. The van der Waals surface area contributed by atoms with Crippen molar-refractivity contribution in [1.29, 1.82) is 0 Å². The predicted octanol–water partition coefficient (Wildman–Crippen LogP) is 2.45. The molecular formula is C15H25NO3S. The molecule has 4 fully saturated rings. The Bertz CT molecular complexity index is 495. The standard InChI is InChI=1S/C15H25NO3S/c1-14(2,3)20(18,19)16-13(17)15-7-10-4-11(8-15)6-12(5-10)9-15/h10-12H,4-9H2,1-3H3,(H,16,17). The van der Waals surface area contributed by atoms with Crippen LogP contribution in [0.3, 0.4) is 0 Å². The fraction of sp³-hybridized carbons (Fsp3) is 0.933. The topological polar surface area (TPSA) is 63.2 Å². The van der Waals surface area contributed by atoms with Gasteiger partial charge < -0.3 is 0 Å². The van der Waals surface area contributed by atoms with E-state index < -0.39 is 20.2 Å². The maximum absolute atomic E-state index is 12.7. The monoisotopic (exact) mass is 299 g/mol. The highest BCUT2D eigenvalue weighted by atomic mass is 32.2. The van der Waals surface area contributed by atoms with Crippen LogP contribution >= 0.6 is 0 Å². The van der Waals surface area contributed by atoms with E-state index in [1.807, 2.05) is 0 Å². The molecular weight excluding hydrogens is 274 g/mol. The first-order chi connectivity index (χ1) is 9.11. The quantitative estimate of drug-likeness (QED) is 0.852. The zero-order valence-corrected chi connectivity index (χ0v) is 13.4. The minimum absolute atomic E-state index is 0.230. The van der Waals surface area contributed by atoms with Crippen LogP contribution in [0.1, 0.15) is 59.3 Å². The number of amides is 1. The van der Waals surface area contributed by atoms with Crippen LogP contribution in [0.2, 0.25) is 0 Å². The Labute approximate surface area is 121 Å². The molecule has 1 N–H and O–H groups in total. The Hall–Kier alpha value is -0.580. The summed E-state index contributed by atoms with van der Waals surface area (Å²) in [6, 6.07) is 0. The summed E-state index contributed by atoms with van der Waals surface area (Å²) in [6.07, 6.45) is 6.43. The van der Waals surface area contributed by atoms with Gasteiger partial charge in [-0.1, -0.05) is 0 Å². The third-order valence-corrected chi connectivity index (χ3v) is 7.62. The SMILES string of the molecule is CC(C)(C)S(=O)(=O)NC(=O)C12CC3CC(CC(C3)C1)C2. The van der Waals surface area contributed by atoms with Crippen molar-refractivity contribution in [3.8, 4) is 0 Å². The lowest BCUT2D eigenvalue weighted by Crippen LogP contribution is -2.56. The summed E-state index contributed by atoms with van der Waals surface area (Å²) >= 11 is 0. The van der Waals surface area contributed by atoms with E-state index in [9.17, 15) is 13.2 Å². The molecule has 4 saturated carbocycles. The zero-order chi connectivity index (χ0) is 14.8. The lowest BCUT2D eigenvalue weighted by Gasteiger charge is -2.55. The number of nitrogens with one attached hydrogen (secondary N) is 1. The molecule has 4 bridgehead atoms. The van der Waals surface area contributed by atoms with E-state index in [4.69, 9.17) is 0 Å². The fourth-order valence-electron chi connectivity index (χ4n) is 4.77. The molecule has 4 aliphatic rings. The molecule has 0 unspecified atom stereocenters. The Morgan fingerprint density at radius 2 is 1.40 bits per heavy atom. The molecule has 0 saturated heterocycles. The first-order valence-electron chi connectivity index (χ1n) is 7.68. The van der Waals surface area contributed by atoms with Crippen molar-refractivity contribution in [2.75, 3.05) is 0 Å². The summed E-state index contributed by atoms with van der Waals surface area (Å²) in [7, 11) is -3.59. The van der Waals surface area contributed by atoms with Gasteiger partial charge in [-0.25, -0.2) is 8.42 Å². The van der Waals surface area contributed by atoms with Crippen molar-refractivity contribution < 1.29 is 13.2 Å². The first-order valence-corrected chi connectivity index (χ1v) is 9.16. The molecule has 0 spiro atoms. The normalized spacial score (nSPS) is 39.9. The Morgan fingerprint density at radius 1 is 1.00 bits per heavy atom. The van der Waals surface area contributed by atoms with Crippen LogP contribution in [-0.4, -0.2) is 19.1 Å². The number of carbonyl (C=O) groups is 1. The second-order valence-electron chi connectivity index (χ2n) is 8.24. The summed E-state index contributed by atoms with van der Waals surface area (Å²) in [5, 5.41) is 0. The summed E-state index contributed by atoms with van der Waals surface area (Å²) in [5.74, 6) is 1.70. The molecule has 1 amide bonds. The van der Waals surface area contributed by atoms with Gasteiger partial charge in [0.1, 0.15) is 0 Å². The number of sulfonamides is 1. The van der Waals surface area contributed by atoms with Crippen molar-refractivity contribution in [3.63, 3.8) is 0 Å². The molecule has 20 heavy (non-hydrogen) atoms. The molecule has 0 aliphatic heterocycles. The average molecular weight is 299 g/mol. The van der Waals surface area contributed by atoms with Gasteiger partial charge in [0.15, 0.2) is 0 Å². The Kier molecular flexibility index (Phi) is 3.03. The van der Waals surface area contributed by atoms with E-state index >= 15 is 0 Å². The van der Waals surface area contributed by atoms with Crippen LogP contribution < -0.4 is 4.72 Å². The summed E-state index contributed by atoms with van der Waals surface area (Å²) in [6.45, 7) is 4.88. The lowest BCUT2D eigenvalue weighted by atomic mass is 9.49. The summed E-state index contributed by atoms with van der Waals surface area (Å²) in [4.78, 5) is 12.7. The lowest BCUT2D eigenvalue weighted by molar-refractivity contribution is -0.144. The average Bonchev–Trinajstić information content (AvgIpc) is 2.24. The molecule has 0 aromatic rings. The molecule has 0 heterocycles. The van der Waals surface area contributed by atoms with Crippen LogP contribution in [-0.2, 0) is 14.8 Å². The summed E-state index contributed by atoms with van der Waals surface area (Å²) < 4.78 is 25.9. The van der Waals surface area contributed by atoms with Crippen LogP contribution in [0.15, 0.2) is 0 Å². The minimum atomic E-state index is -3.59. The Morgan fingerprint density at radius 3 is 1.75 bits per heavy atom. The summed E-state index contributed by atoms with van der Waals surface area (Å²) in [5.41, 5.74) is -0.396. The Balaban J connectivity index is 1.81. The van der Waals surface area contributed by atoms with E-state index in [0.29, 0.717) is 17.8 Å². The van der Waals surface area contributed by atoms with E-state index in [1.165, 1.54) is 19.3 Å². The zero-order valence-electron chi connectivity index (χ0n) is 12.6. The minimum Gasteiger partial charge on any atom is -0.273 e. The number of hydrogen-bond acceptors (Lipinski definition) is 3. The molecule has 0 aromatic carbocycles. The highest BCUT2D eigenvalue weighted by molar-refractivity contribution is 7.91. The van der Waals surface area contributed by atoms with Gasteiger partial charge in [0.05, 0.1) is 10.2 Å². The fourth-order valence-corrected chi connectivity index (χ4v) is 5.54. The van der Waals surface area contributed by atoms with Crippen LogP contribution in [0, 0.1) is 23.2 Å². The predicted molar refractivity (Wildman–Crippen MR) is 77.4 cm³/mol. The first kappa shape index (κ1) is 14.4. The molecule has 0 radical (unpaired) electrons.